The van der Waals surface area contributed by atoms with Gasteiger partial charge in [0.1, 0.15) is 11.5 Å². The molecule has 8 heteroatoms. The van der Waals surface area contributed by atoms with Crippen molar-refractivity contribution < 1.29 is 4.79 Å². The van der Waals surface area contributed by atoms with Crippen LogP contribution in [0.5, 0.6) is 0 Å². The van der Waals surface area contributed by atoms with E-state index in [9.17, 15) is 9.70 Å². The highest BCUT2D eigenvalue weighted by Crippen LogP contribution is 2.26. The second kappa shape index (κ2) is 8.14. The van der Waals surface area contributed by atoms with Crippen molar-refractivity contribution in [1.29, 1.82) is 0 Å². The SMILES string of the molecule is NC(=O)c1ccc2nc(-c3ccc(N4CCN(c5ccc(N=O)cc5)CC4)cc3)[nH]c2c1. The van der Waals surface area contributed by atoms with Crippen LogP contribution in [0, 0.1) is 4.91 Å². The molecule has 2 heterocycles. The number of amides is 1. The van der Waals surface area contributed by atoms with Crippen molar-refractivity contribution in [3.63, 3.8) is 0 Å². The van der Waals surface area contributed by atoms with E-state index >= 15 is 0 Å². The Balaban J connectivity index is 1.27. The van der Waals surface area contributed by atoms with Gasteiger partial charge in [0.2, 0.25) is 5.91 Å². The normalized spacial score (nSPS) is 14.0. The molecule has 4 aromatic rings. The molecule has 1 aromatic heterocycles. The summed E-state index contributed by atoms with van der Waals surface area (Å²) in [6.07, 6.45) is 0. The number of fused-ring (bicyclic) bond motifs is 1. The molecule has 5 rings (SSSR count). The van der Waals surface area contributed by atoms with Crippen LogP contribution in [-0.2, 0) is 0 Å². The van der Waals surface area contributed by atoms with Gasteiger partial charge in [0.05, 0.1) is 11.0 Å². The zero-order valence-corrected chi connectivity index (χ0v) is 17.4. The fourth-order valence-electron chi connectivity index (χ4n) is 4.08. The van der Waals surface area contributed by atoms with E-state index in [1.54, 1.807) is 30.3 Å². The van der Waals surface area contributed by atoms with Crippen LogP contribution in [0.15, 0.2) is 71.9 Å². The Labute approximate surface area is 184 Å². The van der Waals surface area contributed by atoms with E-state index in [1.165, 1.54) is 5.69 Å². The second-order valence-corrected chi connectivity index (χ2v) is 7.81. The van der Waals surface area contributed by atoms with Crippen LogP contribution in [0.3, 0.4) is 0 Å². The third-order valence-electron chi connectivity index (χ3n) is 5.87. The third-order valence-corrected chi connectivity index (χ3v) is 5.87. The Hall–Kier alpha value is -4.20. The zero-order valence-electron chi connectivity index (χ0n) is 17.4. The summed E-state index contributed by atoms with van der Waals surface area (Å²) in [6.45, 7) is 3.63. The maximum atomic E-state index is 11.4. The number of piperazine rings is 1. The van der Waals surface area contributed by atoms with E-state index in [0.29, 0.717) is 11.3 Å². The van der Waals surface area contributed by atoms with E-state index in [2.05, 4.69) is 49.2 Å². The minimum absolute atomic E-state index is 0.449. The van der Waals surface area contributed by atoms with Gasteiger partial charge in [-0.1, -0.05) is 0 Å². The van der Waals surface area contributed by atoms with Gasteiger partial charge >= 0.3 is 0 Å². The number of primary amides is 1. The van der Waals surface area contributed by atoms with Gasteiger partial charge in [-0.25, -0.2) is 4.98 Å². The molecule has 3 aromatic carbocycles. The van der Waals surface area contributed by atoms with Gasteiger partial charge in [0.15, 0.2) is 0 Å². The lowest BCUT2D eigenvalue weighted by Crippen LogP contribution is -2.46. The predicted octanol–water partition coefficient (Wildman–Crippen LogP) is 4.05. The second-order valence-electron chi connectivity index (χ2n) is 7.81. The van der Waals surface area contributed by atoms with Crippen molar-refractivity contribution >= 4 is 34.0 Å². The number of aromatic nitrogens is 2. The van der Waals surface area contributed by atoms with Gasteiger partial charge in [0, 0.05) is 48.7 Å². The maximum absolute atomic E-state index is 11.4. The van der Waals surface area contributed by atoms with Crippen LogP contribution in [0.1, 0.15) is 10.4 Å². The molecular weight excluding hydrogens is 404 g/mol. The molecule has 1 fully saturated rings. The highest BCUT2D eigenvalue weighted by Gasteiger charge is 2.18. The van der Waals surface area contributed by atoms with Crippen LogP contribution >= 0.6 is 0 Å². The first-order chi connectivity index (χ1) is 15.6. The number of nitrogens with two attached hydrogens (primary N) is 1. The number of anilines is 2. The number of hydrogen-bond acceptors (Lipinski definition) is 6. The van der Waals surface area contributed by atoms with E-state index in [-0.39, 0.29) is 0 Å². The van der Waals surface area contributed by atoms with Crippen LogP contribution in [-0.4, -0.2) is 42.1 Å². The summed E-state index contributed by atoms with van der Waals surface area (Å²) in [6, 6.07) is 20.9. The van der Waals surface area contributed by atoms with Gasteiger partial charge < -0.3 is 20.5 Å². The molecule has 160 valence electrons. The van der Waals surface area contributed by atoms with E-state index in [0.717, 1.165) is 54.3 Å². The number of nitroso groups, excluding NO2 is 1. The lowest BCUT2D eigenvalue weighted by atomic mass is 10.1. The van der Waals surface area contributed by atoms with Gasteiger partial charge in [-0.05, 0) is 71.9 Å². The predicted molar refractivity (Wildman–Crippen MR) is 126 cm³/mol. The highest BCUT2D eigenvalue weighted by molar-refractivity contribution is 5.96. The number of H-pyrrole nitrogens is 1. The summed E-state index contributed by atoms with van der Waals surface area (Å²) in [5.41, 5.74) is 11.1. The molecule has 0 unspecified atom stereocenters. The number of nitrogens with zero attached hydrogens (tertiary/aromatic N) is 4. The van der Waals surface area contributed by atoms with Crippen LogP contribution < -0.4 is 15.5 Å². The number of hydrogen-bond donors (Lipinski definition) is 2. The van der Waals surface area contributed by atoms with E-state index < -0.39 is 5.91 Å². The monoisotopic (exact) mass is 426 g/mol. The number of carbonyl (C=O) groups is 1. The first-order valence-electron chi connectivity index (χ1n) is 10.4. The first-order valence-corrected chi connectivity index (χ1v) is 10.4. The molecule has 1 aliphatic heterocycles. The van der Waals surface area contributed by atoms with Crippen LogP contribution in [0.4, 0.5) is 17.1 Å². The molecule has 32 heavy (non-hydrogen) atoms. The molecular formula is C24H22N6O2. The summed E-state index contributed by atoms with van der Waals surface area (Å²) in [7, 11) is 0. The summed E-state index contributed by atoms with van der Waals surface area (Å²) in [4.78, 5) is 34.6. The molecule has 1 aliphatic rings. The van der Waals surface area contributed by atoms with Gasteiger partial charge in [-0.3, -0.25) is 4.79 Å². The minimum atomic E-state index is -0.456. The molecule has 1 amide bonds. The van der Waals surface area contributed by atoms with Crippen molar-refractivity contribution in [3.8, 4) is 11.4 Å². The lowest BCUT2D eigenvalue weighted by molar-refractivity contribution is 0.100. The quantitative estimate of drug-likeness (QED) is 0.468. The summed E-state index contributed by atoms with van der Waals surface area (Å²) in [5, 5.41) is 2.96. The zero-order chi connectivity index (χ0) is 22.1. The van der Waals surface area contributed by atoms with Crippen molar-refractivity contribution in [3.05, 3.63) is 77.2 Å². The molecule has 8 nitrogen and oxygen atoms in total. The number of nitrogens with one attached hydrogen (secondary N) is 1. The highest BCUT2D eigenvalue weighted by atomic mass is 16.3. The number of carbonyl (C=O) groups excluding carboxylic acids is 1. The number of benzene rings is 3. The third kappa shape index (κ3) is 3.78. The Morgan fingerprint density at radius 2 is 1.47 bits per heavy atom. The van der Waals surface area contributed by atoms with Crippen LogP contribution in [0.2, 0.25) is 0 Å². The Morgan fingerprint density at radius 1 is 0.875 bits per heavy atom. The molecule has 1 saturated heterocycles. The molecule has 0 radical (unpaired) electrons. The average Bonchev–Trinajstić information content (AvgIpc) is 3.28. The standard InChI is InChI=1S/C24H22N6O2/c25-23(31)17-3-10-21-22(15-17)27-24(26-21)16-1-6-19(7-2-16)29-11-13-30(14-12-29)20-8-4-18(28-32)5-9-20/h1-10,15H,11-14H2,(H2,25,31)(H,26,27). The molecule has 0 aliphatic carbocycles. The Kier molecular flexibility index (Phi) is 5.03. The van der Waals surface area contributed by atoms with Crippen molar-refractivity contribution in [1.82, 2.24) is 9.97 Å². The number of rotatable bonds is 5. The van der Waals surface area contributed by atoms with E-state index in [4.69, 9.17) is 5.73 Å². The fourth-order valence-corrected chi connectivity index (χ4v) is 4.08. The van der Waals surface area contributed by atoms with E-state index in [1.807, 2.05) is 12.1 Å². The molecule has 0 saturated carbocycles. The van der Waals surface area contributed by atoms with Gasteiger partial charge in [-0.15, -0.1) is 4.91 Å². The van der Waals surface area contributed by atoms with Gasteiger partial charge in [0.25, 0.3) is 0 Å². The summed E-state index contributed by atoms with van der Waals surface area (Å²) in [5.74, 6) is 0.300. The number of aromatic amines is 1. The van der Waals surface area contributed by atoms with Crippen molar-refractivity contribution in [2.24, 2.45) is 10.9 Å². The maximum Gasteiger partial charge on any atom is 0.248 e. The minimum Gasteiger partial charge on any atom is -0.368 e. The van der Waals surface area contributed by atoms with Crippen molar-refractivity contribution in [2.45, 2.75) is 0 Å². The lowest BCUT2D eigenvalue weighted by Gasteiger charge is -2.37. The van der Waals surface area contributed by atoms with Crippen molar-refractivity contribution in [2.75, 3.05) is 36.0 Å². The molecule has 0 spiro atoms. The smallest absolute Gasteiger partial charge is 0.248 e. The largest absolute Gasteiger partial charge is 0.368 e. The Bertz CT molecular complexity index is 1270. The number of imidazole rings is 1. The van der Waals surface area contributed by atoms with Crippen LogP contribution in [0.25, 0.3) is 22.4 Å². The molecule has 0 bridgehead atoms. The molecule has 0 atom stereocenters. The summed E-state index contributed by atoms with van der Waals surface area (Å²) < 4.78 is 0. The topological polar surface area (TPSA) is 108 Å². The summed E-state index contributed by atoms with van der Waals surface area (Å²) >= 11 is 0. The Morgan fingerprint density at radius 3 is 2.03 bits per heavy atom. The molecule has 3 N–H and O–H groups in total. The van der Waals surface area contributed by atoms with Gasteiger partial charge in [-0.2, -0.15) is 0 Å². The fraction of sp³-hybridized carbons (Fsp3) is 0.167. The average molecular weight is 426 g/mol. The first kappa shape index (κ1) is 19.7.